The van der Waals surface area contributed by atoms with Gasteiger partial charge in [-0.15, -0.1) is 0 Å². The summed E-state index contributed by atoms with van der Waals surface area (Å²) in [6, 6.07) is 2.54. The second-order valence-electron chi connectivity index (χ2n) is 2.42. The molecular formula is C8H3BrFNO. The third kappa shape index (κ3) is 0.992. The molecule has 0 spiro atoms. The van der Waals surface area contributed by atoms with E-state index in [4.69, 9.17) is 0 Å². The first kappa shape index (κ1) is 7.61. The molecular weight excluding hydrogens is 225 g/mol. The minimum Gasteiger partial charge on any atom is -0.267 e. The molecule has 1 amide bonds. The van der Waals surface area contributed by atoms with Crippen LogP contribution < -0.4 is 0 Å². The molecule has 0 radical (unpaired) electrons. The van der Waals surface area contributed by atoms with Gasteiger partial charge in [0.2, 0.25) is 0 Å². The highest BCUT2D eigenvalue weighted by atomic mass is 79.9. The molecule has 0 atom stereocenters. The van der Waals surface area contributed by atoms with Gasteiger partial charge >= 0.3 is 0 Å². The van der Waals surface area contributed by atoms with Crippen LogP contribution in [0.5, 0.6) is 0 Å². The Hall–Kier alpha value is -1.03. The summed E-state index contributed by atoms with van der Waals surface area (Å²) in [5.74, 6) is -0.696. The zero-order chi connectivity index (χ0) is 8.72. The molecule has 1 aliphatic heterocycles. The zero-order valence-corrected chi connectivity index (χ0v) is 7.43. The molecule has 0 aromatic heterocycles. The van der Waals surface area contributed by atoms with Gasteiger partial charge in [0, 0.05) is 16.3 Å². The van der Waals surface area contributed by atoms with Crippen LogP contribution in [0.15, 0.2) is 21.6 Å². The third-order valence-electron chi connectivity index (χ3n) is 1.62. The van der Waals surface area contributed by atoms with Crippen LogP contribution in [0.3, 0.4) is 0 Å². The van der Waals surface area contributed by atoms with Gasteiger partial charge in [-0.2, -0.15) is 0 Å². The number of carbonyl (C=O) groups excluding carboxylic acids is 1. The Morgan fingerprint density at radius 2 is 2.17 bits per heavy atom. The van der Waals surface area contributed by atoms with Crippen molar-refractivity contribution in [2.45, 2.75) is 0 Å². The molecule has 0 aliphatic carbocycles. The maximum absolute atomic E-state index is 12.7. The molecule has 12 heavy (non-hydrogen) atoms. The predicted molar refractivity (Wildman–Crippen MR) is 46.0 cm³/mol. The van der Waals surface area contributed by atoms with Crippen molar-refractivity contribution in [3.05, 3.63) is 33.5 Å². The number of halogens is 2. The number of benzene rings is 1. The second-order valence-corrected chi connectivity index (χ2v) is 3.27. The van der Waals surface area contributed by atoms with Crippen molar-refractivity contribution in [3.63, 3.8) is 0 Å². The summed E-state index contributed by atoms with van der Waals surface area (Å²) in [7, 11) is 0. The summed E-state index contributed by atoms with van der Waals surface area (Å²) in [6.45, 7) is 0. The number of fused-ring (bicyclic) bond motifs is 1. The molecule has 4 heteroatoms. The lowest BCUT2D eigenvalue weighted by molar-refractivity contribution is 0.101. The van der Waals surface area contributed by atoms with Crippen LogP contribution in [0.1, 0.15) is 15.9 Å². The van der Waals surface area contributed by atoms with E-state index in [9.17, 15) is 9.18 Å². The third-order valence-corrected chi connectivity index (χ3v) is 2.25. The topological polar surface area (TPSA) is 29.4 Å². The fourth-order valence-corrected chi connectivity index (χ4v) is 1.73. The summed E-state index contributed by atoms with van der Waals surface area (Å²) in [5.41, 5.74) is 0.975. The van der Waals surface area contributed by atoms with Crippen molar-refractivity contribution in [1.29, 1.82) is 0 Å². The Morgan fingerprint density at radius 1 is 1.42 bits per heavy atom. The highest BCUT2D eigenvalue weighted by molar-refractivity contribution is 9.10. The van der Waals surface area contributed by atoms with Crippen molar-refractivity contribution in [1.82, 2.24) is 0 Å². The number of aliphatic imine (C=N–C) groups is 1. The Kier molecular flexibility index (Phi) is 1.58. The zero-order valence-electron chi connectivity index (χ0n) is 5.84. The fourth-order valence-electron chi connectivity index (χ4n) is 1.11. The summed E-state index contributed by atoms with van der Waals surface area (Å²) >= 11 is 3.10. The molecule has 1 aromatic carbocycles. The smallest absolute Gasteiger partial charge is 0.267 e. The van der Waals surface area contributed by atoms with E-state index in [2.05, 4.69) is 20.9 Å². The highest BCUT2D eigenvalue weighted by Crippen LogP contribution is 2.25. The first-order chi connectivity index (χ1) is 5.68. The lowest BCUT2D eigenvalue weighted by atomic mass is 10.1. The lowest BCUT2D eigenvalue weighted by Gasteiger charge is -1.98. The van der Waals surface area contributed by atoms with Gasteiger partial charge in [-0.3, -0.25) is 4.79 Å². The van der Waals surface area contributed by atoms with Gasteiger partial charge in [-0.25, -0.2) is 9.38 Å². The van der Waals surface area contributed by atoms with Crippen molar-refractivity contribution in [2.24, 2.45) is 4.99 Å². The van der Waals surface area contributed by atoms with E-state index < -0.39 is 0 Å². The van der Waals surface area contributed by atoms with Crippen molar-refractivity contribution in [2.75, 3.05) is 0 Å². The number of rotatable bonds is 0. The minimum atomic E-state index is -0.373. The SMILES string of the molecule is O=C1N=Cc2cc(F)cc(Br)c21. The van der Waals surface area contributed by atoms with E-state index in [1.807, 2.05) is 0 Å². The Morgan fingerprint density at radius 3 is 2.92 bits per heavy atom. The lowest BCUT2D eigenvalue weighted by Crippen LogP contribution is -1.94. The molecule has 2 nitrogen and oxygen atoms in total. The maximum Gasteiger partial charge on any atom is 0.278 e. The van der Waals surface area contributed by atoms with Gasteiger partial charge in [0.1, 0.15) is 5.82 Å². The van der Waals surface area contributed by atoms with Crippen LogP contribution in [0.4, 0.5) is 4.39 Å². The van der Waals surface area contributed by atoms with E-state index in [1.54, 1.807) is 0 Å². The van der Waals surface area contributed by atoms with Crippen LogP contribution in [-0.2, 0) is 0 Å². The quantitative estimate of drug-likeness (QED) is 0.668. The number of nitrogens with zero attached hydrogens (tertiary/aromatic N) is 1. The summed E-state index contributed by atoms with van der Waals surface area (Å²) in [5, 5.41) is 0. The Labute approximate surface area is 76.2 Å². The Bertz CT molecular complexity index is 400. The molecule has 60 valence electrons. The van der Waals surface area contributed by atoms with Crippen molar-refractivity contribution >= 4 is 28.1 Å². The van der Waals surface area contributed by atoms with Gasteiger partial charge in [-0.1, -0.05) is 0 Å². The molecule has 0 fully saturated rings. The van der Waals surface area contributed by atoms with Crippen LogP contribution in [0.25, 0.3) is 0 Å². The maximum atomic E-state index is 12.7. The monoisotopic (exact) mass is 227 g/mol. The van der Waals surface area contributed by atoms with Crippen LogP contribution in [0, 0.1) is 5.82 Å². The normalized spacial score (nSPS) is 13.7. The average molecular weight is 228 g/mol. The highest BCUT2D eigenvalue weighted by Gasteiger charge is 2.19. The van der Waals surface area contributed by atoms with E-state index in [-0.39, 0.29) is 11.7 Å². The predicted octanol–water partition coefficient (Wildman–Crippen LogP) is 2.16. The molecule has 1 aliphatic rings. The molecule has 1 heterocycles. The van der Waals surface area contributed by atoms with Crippen LogP contribution in [0.2, 0.25) is 0 Å². The van der Waals surface area contributed by atoms with E-state index in [0.29, 0.717) is 15.6 Å². The number of carbonyl (C=O) groups is 1. The number of hydrogen-bond acceptors (Lipinski definition) is 1. The first-order valence-electron chi connectivity index (χ1n) is 3.26. The van der Waals surface area contributed by atoms with Gasteiger partial charge in [0.25, 0.3) is 5.91 Å². The molecule has 0 unspecified atom stereocenters. The minimum absolute atomic E-state index is 0.322. The number of amides is 1. The van der Waals surface area contributed by atoms with E-state index in [1.165, 1.54) is 18.3 Å². The van der Waals surface area contributed by atoms with Crippen LogP contribution in [-0.4, -0.2) is 12.1 Å². The van der Waals surface area contributed by atoms with Gasteiger partial charge < -0.3 is 0 Å². The summed E-state index contributed by atoms with van der Waals surface area (Å²) in [6.07, 6.45) is 1.37. The summed E-state index contributed by atoms with van der Waals surface area (Å²) in [4.78, 5) is 14.6. The Balaban J connectivity index is 2.74. The average Bonchev–Trinajstić information content (AvgIpc) is 2.31. The van der Waals surface area contributed by atoms with Gasteiger partial charge in [0.05, 0.1) is 5.56 Å². The van der Waals surface area contributed by atoms with Crippen molar-refractivity contribution < 1.29 is 9.18 Å². The van der Waals surface area contributed by atoms with Crippen LogP contribution >= 0.6 is 15.9 Å². The van der Waals surface area contributed by atoms with Crippen molar-refractivity contribution in [3.8, 4) is 0 Å². The van der Waals surface area contributed by atoms with E-state index in [0.717, 1.165) is 0 Å². The van der Waals surface area contributed by atoms with Gasteiger partial charge in [-0.05, 0) is 28.1 Å². The number of hydrogen-bond donors (Lipinski definition) is 0. The molecule has 1 aromatic rings. The molecule has 2 rings (SSSR count). The summed E-state index contributed by atoms with van der Waals surface area (Å²) < 4.78 is 13.2. The molecule has 0 saturated carbocycles. The second kappa shape index (κ2) is 2.48. The standard InChI is InChI=1S/C8H3BrFNO/c9-6-2-5(10)1-4-3-11-8(12)7(4)6/h1-3H. The van der Waals surface area contributed by atoms with E-state index >= 15 is 0 Å². The molecule has 0 saturated heterocycles. The van der Waals surface area contributed by atoms with Gasteiger partial charge in [0.15, 0.2) is 0 Å². The largest absolute Gasteiger partial charge is 0.278 e. The first-order valence-corrected chi connectivity index (χ1v) is 4.05. The fraction of sp³-hybridized carbons (Fsp3) is 0. The molecule has 0 N–H and O–H groups in total. The molecule has 0 bridgehead atoms.